The highest BCUT2D eigenvalue weighted by Crippen LogP contribution is 2.27. The van der Waals surface area contributed by atoms with Crippen molar-refractivity contribution in [3.05, 3.63) is 41.7 Å². The van der Waals surface area contributed by atoms with Gasteiger partial charge in [0.2, 0.25) is 0 Å². The number of pyridine rings is 1. The molecule has 0 radical (unpaired) electrons. The number of anilines is 1. The van der Waals surface area contributed by atoms with E-state index >= 15 is 0 Å². The van der Waals surface area contributed by atoms with Gasteiger partial charge in [-0.1, -0.05) is 11.6 Å². The lowest BCUT2D eigenvalue weighted by molar-refractivity contribution is 0.959. The van der Waals surface area contributed by atoms with Gasteiger partial charge in [0.15, 0.2) is 0 Å². The summed E-state index contributed by atoms with van der Waals surface area (Å²) in [6, 6.07) is 7.36. The number of nitrogens with zero attached hydrogens (tertiary/aromatic N) is 3. The van der Waals surface area contributed by atoms with Gasteiger partial charge in [-0.15, -0.1) is 0 Å². The van der Waals surface area contributed by atoms with Gasteiger partial charge in [-0.3, -0.25) is 4.98 Å². The fraction of sp³-hybridized carbons (Fsp3) is 0.0769. The summed E-state index contributed by atoms with van der Waals surface area (Å²) in [4.78, 5) is 8.62. The minimum absolute atomic E-state index is 0.607. The minimum Gasteiger partial charge on any atom is -0.399 e. The van der Waals surface area contributed by atoms with E-state index in [9.17, 15) is 0 Å². The van der Waals surface area contributed by atoms with E-state index in [0.717, 1.165) is 22.4 Å². The van der Waals surface area contributed by atoms with Crippen molar-refractivity contribution in [2.45, 2.75) is 0 Å². The van der Waals surface area contributed by atoms with Crippen molar-refractivity contribution in [3.63, 3.8) is 0 Å². The van der Waals surface area contributed by atoms with Crippen LogP contribution in [-0.4, -0.2) is 14.5 Å². The zero-order chi connectivity index (χ0) is 12.7. The molecule has 5 heteroatoms. The molecule has 0 saturated carbocycles. The van der Waals surface area contributed by atoms with E-state index in [2.05, 4.69) is 9.97 Å². The second kappa shape index (κ2) is 3.99. The van der Waals surface area contributed by atoms with E-state index in [1.54, 1.807) is 18.5 Å². The standard InChI is InChI=1S/C13H11ClN4/c1-18-12-2-3-16-7-11(12)17-13(18)8-4-9(14)6-10(15)5-8/h2-7H,15H2,1H3. The maximum Gasteiger partial charge on any atom is 0.141 e. The third kappa shape index (κ3) is 1.71. The topological polar surface area (TPSA) is 56.7 Å². The van der Waals surface area contributed by atoms with Crippen molar-refractivity contribution in [3.8, 4) is 11.4 Å². The molecular weight excluding hydrogens is 248 g/mol. The third-order valence-corrected chi connectivity index (χ3v) is 3.08. The summed E-state index contributed by atoms with van der Waals surface area (Å²) in [5, 5.41) is 0.607. The molecule has 2 heterocycles. The molecule has 0 atom stereocenters. The van der Waals surface area contributed by atoms with E-state index in [1.807, 2.05) is 29.8 Å². The van der Waals surface area contributed by atoms with Crippen molar-refractivity contribution in [2.24, 2.45) is 7.05 Å². The van der Waals surface area contributed by atoms with Crippen LogP contribution in [0.1, 0.15) is 0 Å². The van der Waals surface area contributed by atoms with Gasteiger partial charge >= 0.3 is 0 Å². The number of aryl methyl sites for hydroxylation is 1. The van der Waals surface area contributed by atoms with Gasteiger partial charge in [0.1, 0.15) is 11.3 Å². The molecule has 2 aromatic heterocycles. The Morgan fingerprint density at radius 3 is 2.83 bits per heavy atom. The molecule has 3 aromatic rings. The molecule has 0 aliphatic rings. The lowest BCUT2D eigenvalue weighted by Gasteiger charge is -2.04. The molecule has 0 fully saturated rings. The summed E-state index contributed by atoms with van der Waals surface area (Å²) < 4.78 is 2.00. The van der Waals surface area contributed by atoms with Gasteiger partial charge in [-0.2, -0.15) is 0 Å². The first-order valence-electron chi connectivity index (χ1n) is 5.48. The summed E-state index contributed by atoms with van der Waals surface area (Å²) in [5.74, 6) is 0.826. The first-order valence-corrected chi connectivity index (χ1v) is 5.86. The van der Waals surface area contributed by atoms with Gasteiger partial charge in [-0.05, 0) is 24.3 Å². The number of nitrogens with two attached hydrogens (primary N) is 1. The fourth-order valence-corrected chi connectivity index (χ4v) is 2.29. The van der Waals surface area contributed by atoms with Crippen LogP contribution in [0.3, 0.4) is 0 Å². The Morgan fingerprint density at radius 2 is 2.11 bits per heavy atom. The maximum absolute atomic E-state index is 6.02. The van der Waals surface area contributed by atoms with Gasteiger partial charge in [0.25, 0.3) is 0 Å². The van der Waals surface area contributed by atoms with Crippen LogP contribution >= 0.6 is 11.6 Å². The average molecular weight is 259 g/mol. The molecule has 0 spiro atoms. The number of hydrogen-bond acceptors (Lipinski definition) is 3. The molecule has 0 unspecified atom stereocenters. The van der Waals surface area contributed by atoms with E-state index in [-0.39, 0.29) is 0 Å². The molecule has 4 nitrogen and oxygen atoms in total. The fourth-order valence-electron chi connectivity index (χ4n) is 2.05. The van der Waals surface area contributed by atoms with E-state index in [0.29, 0.717) is 10.7 Å². The van der Waals surface area contributed by atoms with Crippen molar-refractivity contribution in [1.82, 2.24) is 14.5 Å². The summed E-state index contributed by atoms with van der Waals surface area (Å²) >= 11 is 6.02. The number of hydrogen-bond donors (Lipinski definition) is 1. The van der Waals surface area contributed by atoms with Crippen molar-refractivity contribution < 1.29 is 0 Å². The van der Waals surface area contributed by atoms with Crippen LogP contribution < -0.4 is 5.73 Å². The largest absolute Gasteiger partial charge is 0.399 e. The first kappa shape index (κ1) is 11.0. The Balaban J connectivity index is 2.28. The second-order valence-electron chi connectivity index (χ2n) is 4.13. The van der Waals surface area contributed by atoms with Crippen LogP contribution in [0, 0.1) is 0 Å². The van der Waals surface area contributed by atoms with Crippen LogP contribution in [0.4, 0.5) is 5.69 Å². The summed E-state index contributed by atoms with van der Waals surface area (Å²) in [6.45, 7) is 0. The van der Waals surface area contributed by atoms with Gasteiger partial charge in [0.05, 0.1) is 11.7 Å². The number of nitrogen functional groups attached to an aromatic ring is 1. The predicted molar refractivity (Wildman–Crippen MR) is 73.4 cm³/mol. The highest BCUT2D eigenvalue weighted by Gasteiger charge is 2.10. The molecular formula is C13H11ClN4. The van der Waals surface area contributed by atoms with E-state index < -0.39 is 0 Å². The highest BCUT2D eigenvalue weighted by atomic mass is 35.5. The highest BCUT2D eigenvalue weighted by molar-refractivity contribution is 6.31. The Kier molecular flexibility index (Phi) is 2.45. The van der Waals surface area contributed by atoms with Crippen LogP contribution in [0.2, 0.25) is 5.02 Å². The lowest BCUT2D eigenvalue weighted by Crippen LogP contribution is -1.94. The molecule has 0 amide bonds. The second-order valence-corrected chi connectivity index (χ2v) is 4.57. The van der Waals surface area contributed by atoms with Crippen LogP contribution in [0.25, 0.3) is 22.4 Å². The summed E-state index contributed by atoms with van der Waals surface area (Å²) in [7, 11) is 1.96. The van der Waals surface area contributed by atoms with Crippen molar-refractivity contribution >= 4 is 28.3 Å². The molecule has 0 bridgehead atoms. The van der Waals surface area contributed by atoms with Gasteiger partial charge in [0, 0.05) is 29.5 Å². The Labute approximate surface area is 109 Å². The SMILES string of the molecule is Cn1c(-c2cc(N)cc(Cl)c2)nc2cnccc21. The number of aromatic nitrogens is 3. The molecule has 1 aromatic carbocycles. The Morgan fingerprint density at radius 1 is 1.28 bits per heavy atom. The molecule has 0 saturated heterocycles. The van der Waals surface area contributed by atoms with Gasteiger partial charge in [-0.25, -0.2) is 4.98 Å². The first-order chi connectivity index (χ1) is 8.65. The van der Waals surface area contributed by atoms with Crippen molar-refractivity contribution in [2.75, 3.05) is 5.73 Å². The number of halogens is 1. The molecule has 90 valence electrons. The molecule has 0 aliphatic carbocycles. The summed E-state index contributed by atoms with van der Waals surface area (Å²) in [5.41, 5.74) is 9.22. The normalized spacial score (nSPS) is 11.0. The van der Waals surface area contributed by atoms with Crippen LogP contribution in [-0.2, 0) is 7.05 Å². The molecule has 18 heavy (non-hydrogen) atoms. The number of imidazole rings is 1. The zero-order valence-corrected chi connectivity index (χ0v) is 10.5. The average Bonchev–Trinajstić information content (AvgIpc) is 2.66. The lowest BCUT2D eigenvalue weighted by atomic mass is 10.2. The Hall–Kier alpha value is -2.07. The number of rotatable bonds is 1. The van der Waals surface area contributed by atoms with E-state index in [4.69, 9.17) is 17.3 Å². The zero-order valence-electron chi connectivity index (χ0n) is 9.76. The van der Waals surface area contributed by atoms with Crippen LogP contribution in [0.5, 0.6) is 0 Å². The molecule has 2 N–H and O–H groups in total. The van der Waals surface area contributed by atoms with Crippen molar-refractivity contribution in [1.29, 1.82) is 0 Å². The molecule has 0 aliphatic heterocycles. The quantitative estimate of drug-likeness (QED) is 0.683. The van der Waals surface area contributed by atoms with E-state index in [1.165, 1.54) is 0 Å². The summed E-state index contributed by atoms with van der Waals surface area (Å²) in [6.07, 6.45) is 3.49. The third-order valence-electron chi connectivity index (χ3n) is 2.86. The minimum atomic E-state index is 0.607. The van der Waals surface area contributed by atoms with Crippen LogP contribution in [0.15, 0.2) is 36.7 Å². The molecule has 3 rings (SSSR count). The monoisotopic (exact) mass is 258 g/mol. The van der Waals surface area contributed by atoms with Gasteiger partial charge < -0.3 is 10.3 Å². The number of benzene rings is 1. The maximum atomic E-state index is 6.02. The smallest absolute Gasteiger partial charge is 0.141 e. The number of fused-ring (bicyclic) bond motifs is 1. The Bertz CT molecular complexity index is 713. The predicted octanol–water partition coefficient (Wildman–Crippen LogP) is 2.87.